The molecule has 0 radical (unpaired) electrons. The largest absolute Gasteiger partial charge is 0.361 e. The monoisotopic (exact) mass is 285 g/mol. The van der Waals surface area contributed by atoms with Crippen LogP contribution >= 0.6 is 0 Å². The van der Waals surface area contributed by atoms with Crippen molar-refractivity contribution in [3.05, 3.63) is 36.0 Å². The number of aromatic nitrogens is 1. The standard InChI is InChI=1S/C18H27N3/c1-15-6-11-21(12-7-15)10-2-8-19-14-16-3-4-18-17(13-16)5-9-20-18/h3-5,9,13,15,19-20H,2,6-8,10-12,14H2,1H3. The number of hydrogen-bond donors (Lipinski definition) is 2. The topological polar surface area (TPSA) is 31.1 Å². The molecule has 1 fully saturated rings. The first-order valence-corrected chi connectivity index (χ1v) is 8.30. The van der Waals surface area contributed by atoms with Crippen molar-refractivity contribution in [2.75, 3.05) is 26.2 Å². The molecule has 1 aromatic heterocycles. The molecule has 0 atom stereocenters. The predicted octanol–water partition coefficient (Wildman–Crippen LogP) is 3.38. The minimum Gasteiger partial charge on any atom is -0.361 e. The molecule has 0 bridgehead atoms. The van der Waals surface area contributed by atoms with Crippen LogP contribution in [-0.2, 0) is 6.54 Å². The van der Waals surface area contributed by atoms with E-state index in [1.807, 2.05) is 6.20 Å². The Bertz CT molecular complexity index is 552. The molecule has 3 rings (SSSR count). The van der Waals surface area contributed by atoms with E-state index in [4.69, 9.17) is 0 Å². The van der Waals surface area contributed by atoms with Gasteiger partial charge in [0.1, 0.15) is 0 Å². The molecule has 1 aliphatic rings. The highest BCUT2D eigenvalue weighted by molar-refractivity contribution is 5.79. The molecule has 21 heavy (non-hydrogen) atoms. The molecule has 1 aromatic carbocycles. The SMILES string of the molecule is CC1CCN(CCCNCc2ccc3[nH]ccc3c2)CC1. The molecule has 0 spiro atoms. The van der Waals surface area contributed by atoms with Gasteiger partial charge < -0.3 is 15.2 Å². The number of fused-ring (bicyclic) bond motifs is 1. The van der Waals surface area contributed by atoms with E-state index in [0.717, 1.165) is 19.0 Å². The van der Waals surface area contributed by atoms with Gasteiger partial charge in [-0.05, 0) is 80.5 Å². The van der Waals surface area contributed by atoms with Crippen molar-refractivity contribution in [3.8, 4) is 0 Å². The van der Waals surface area contributed by atoms with Crippen LogP contribution in [0.1, 0.15) is 31.7 Å². The van der Waals surface area contributed by atoms with Crippen LogP contribution in [0.3, 0.4) is 0 Å². The molecular weight excluding hydrogens is 258 g/mol. The van der Waals surface area contributed by atoms with E-state index in [1.54, 1.807) is 0 Å². The Labute approximate surface area is 127 Å². The minimum absolute atomic E-state index is 0.933. The fraction of sp³-hybridized carbons (Fsp3) is 0.556. The van der Waals surface area contributed by atoms with Crippen LogP contribution in [-0.4, -0.2) is 36.1 Å². The molecule has 1 aliphatic heterocycles. The first-order chi connectivity index (χ1) is 10.3. The molecule has 2 N–H and O–H groups in total. The van der Waals surface area contributed by atoms with Gasteiger partial charge in [0.15, 0.2) is 0 Å². The lowest BCUT2D eigenvalue weighted by Gasteiger charge is -2.30. The number of benzene rings is 1. The molecule has 2 heterocycles. The maximum atomic E-state index is 3.57. The van der Waals surface area contributed by atoms with Gasteiger partial charge in [-0.1, -0.05) is 13.0 Å². The Kier molecular flexibility index (Phi) is 4.94. The van der Waals surface area contributed by atoms with Gasteiger partial charge in [0.05, 0.1) is 0 Å². The van der Waals surface area contributed by atoms with Crippen LogP contribution in [0.4, 0.5) is 0 Å². The summed E-state index contributed by atoms with van der Waals surface area (Å²) in [6, 6.07) is 8.78. The molecule has 1 saturated heterocycles. The maximum Gasteiger partial charge on any atom is 0.0454 e. The number of nitrogens with one attached hydrogen (secondary N) is 2. The number of hydrogen-bond acceptors (Lipinski definition) is 2. The summed E-state index contributed by atoms with van der Waals surface area (Å²) in [5, 5.41) is 4.87. The van der Waals surface area contributed by atoms with Crippen LogP contribution in [0.2, 0.25) is 0 Å². The molecule has 3 heteroatoms. The van der Waals surface area contributed by atoms with Crippen molar-refractivity contribution in [1.29, 1.82) is 0 Å². The summed E-state index contributed by atoms with van der Waals surface area (Å²) >= 11 is 0. The highest BCUT2D eigenvalue weighted by Crippen LogP contribution is 2.16. The van der Waals surface area contributed by atoms with Crippen LogP contribution in [0.15, 0.2) is 30.5 Å². The Hall–Kier alpha value is -1.32. The van der Waals surface area contributed by atoms with E-state index in [9.17, 15) is 0 Å². The van der Waals surface area contributed by atoms with Crippen molar-refractivity contribution in [1.82, 2.24) is 15.2 Å². The highest BCUT2D eigenvalue weighted by atomic mass is 15.1. The second kappa shape index (κ2) is 7.10. The fourth-order valence-corrected chi connectivity index (χ4v) is 3.16. The van der Waals surface area contributed by atoms with Crippen LogP contribution < -0.4 is 5.32 Å². The third kappa shape index (κ3) is 4.08. The molecule has 0 aliphatic carbocycles. The number of nitrogens with zero attached hydrogens (tertiary/aromatic N) is 1. The zero-order chi connectivity index (χ0) is 14.5. The van der Waals surface area contributed by atoms with Crippen LogP contribution in [0.5, 0.6) is 0 Å². The van der Waals surface area contributed by atoms with Gasteiger partial charge in [-0.25, -0.2) is 0 Å². The normalized spacial score (nSPS) is 17.6. The Morgan fingerprint density at radius 1 is 1.24 bits per heavy atom. The summed E-state index contributed by atoms with van der Waals surface area (Å²) in [5.74, 6) is 0.933. The minimum atomic E-state index is 0.933. The Morgan fingerprint density at radius 2 is 2.10 bits per heavy atom. The molecule has 114 valence electrons. The van der Waals surface area contributed by atoms with Crippen LogP contribution in [0.25, 0.3) is 10.9 Å². The van der Waals surface area contributed by atoms with Gasteiger partial charge in [0.2, 0.25) is 0 Å². The summed E-state index contributed by atoms with van der Waals surface area (Å²) in [6.45, 7) is 8.29. The molecule has 0 amide bonds. The quantitative estimate of drug-likeness (QED) is 0.797. The van der Waals surface area contributed by atoms with Crippen LogP contribution in [0, 0.1) is 5.92 Å². The number of piperidine rings is 1. The predicted molar refractivity (Wildman–Crippen MR) is 89.5 cm³/mol. The summed E-state index contributed by atoms with van der Waals surface area (Å²) in [5.41, 5.74) is 2.59. The number of rotatable bonds is 6. The van der Waals surface area contributed by atoms with Crippen molar-refractivity contribution in [2.24, 2.45) is 5.92 Å². The van der Waals surface area contributed by atoms with Crippen molar-refractivity contribution >= 4 is 10.9 Å². The van der Waals surface area contributed by atoms with Gasteiger partial charge in [-0.15, -0.1) is 0 Å². The first kappa shape index (κ1) is 14.6. The second-order valence-corrected chi connectivity index (χ2v) is 6.45. The van der Waals surface area contributed by atoms with E-state index >= 15 is 0 Å². The van der Waals surface area contributed by atoms with E-state index < -0.39 is 0 Å². The summed E-state index contributed by atoms with van der Waals surface area (Å²) < 4.78 is 0. The van der Waals surface area contributed by atoms with E-state index in [0.29, 0.717) is 0 Å². The number of aromatic amines is 1. The highest BCUT2D eigenvalue weighted by Gasteiger charge is 2.14. The number of H-pyrrole nitrogens is 1. The summed E-state index contributed by atoms with van der Waals surface area (Å²) in [7, 11) is 0. The zero-order valence-corrected chi connectivity index (χ0v) is 13.1. The first-order valence-electron chi connectivity index (χ1n) is 8.30. The number of likely N-dealkylation sites (tertiary alicyclic amines) is 1. The maximum absolute atomic E-state index is 3.57. The second-order valence-electron chi connectivity index (χ2n) is 6.45. The summed E-state index contributed by atoms with van der Waals surface area (Å²) in [4.78, 5) is 5.86. The molecule has 0 unspecified atom stereocenters. The van der Waals surface area contributed by atoms with Gasteiger partial charge in [-0.3, -0.25) is 0 Å². The smallest absolute Gasteiger partial charge is 0.0454 e. The lowest BCUT2D eigenvalue weighted by Crippen LogP contribution is -2.34. The molecule has 2 aromatic rings. The Morgan fingerprint density at radius 3 is 2.95 bits per heavy atom. The van der Waals surface area contributed by atoms with E-state index in [1.165, 1.54) is 55.4 Å². The van der Waals surface area contributed by atoms with Crippen molar-refractivity contribution in [2.45, 2.75) is 32.7 Å². The lowest BCUT2D eigenvalue weighted by molar-refractivity contribution is 0.190. The van der Waals surface area contributed by atoms with Gasteiger partial charge in [-0.2, -0.15) is 0 Å². The molecular formula is C18H27N3. The van der Waals surface area contributed by atoms with E-state index in [2.05, 4.69) is 46.4 Å². The van der Waals surface area contributed by atoms with Crippen molar-refractivity contribution < 1.29 is 0 Å². The zero-order valence-electron chi connectivity index (χ0n) is 13.1. The third-order valence-corrected chi connectivity index (χ3v) is 4.65. The van der Waals surface area contributed by atoms with E-state index in [-0.39, 0.29) is 0 Å². The van der Waals surface area contributed by atoms with Gasteiger partial charge >= 0.3 is 0 Å². The fourth-order valence-electron chi connectivity index (χ4n) is 3.16. The Balaban J connectivity index is 1.34. The van der Waals surface area contributed by atoms with Gasteiger partial charge in [0.25, 0.3) is 0 Å². The average Bonchev–Trinajstić information content (AvgIpc) is 2.96. The third-order valence-electron chi connectivity index (χ3n) is 4.65. The average molecular weight is 285 g/mol. The lowest BCUT2D eigenvalue weighted by atomic mass is 9.99. The van der Waals surface area contributed by atoms with Gasteiger partial charge in [0, 0.05) is 18.3 Å². The summed E-state index contributed by atoms with van der Waals surface area (Å²) in [6.07, 6.45) is 6.01. The molecule has 0 saturated carbocycles. The van der Waals surface area contributed by atoms with Crippen molar-refractivity contribution in [3.63, 3.8) is 0 Å². The molecule has 3 nitrogen and oxygen atoms in total.